The number of piperidine rings is 1. The number of carboxylic acid groups (broad SMARTS) is 1. The van der Waals surface area contributed by atoms with E-state index in [-0.39, 0.29) is 17.6 Å². The molecule has 3 aliphatic heterocycles. The Kier molecular flexibility index (Phi) is 5.38. The van der Waals surface area contributed by atoms with Gasteiger partial charge in [-0.15, -0.1) is 0 Å². The molecule has 7 nitrogen and oxygen atoms in total. The molecule has 3 saturated heterocycles. The van der Waals surface area contributed by atoms with E-state index in [1.165, 1.54) is 13.1 Å². The van der Waals surface area contributed by atoms with Gasteiger partial charge in [-0.05, 0) is 50.3 Å². The van der Waals surface area contributed by atoms with Crippen LogP contribution >= 0.6 is 0 Å². The molecule has 3 heterocycles. The third-order valence-electron chi connectivity index (χ3n) is 6.70. The summed E-state index contributed by atoms with van der Waals surface area (Å²) in [5.41, 5.74) is 0.275. The highest BCUT2D eigenvalue weighted by atomic mass is 19.1. The van der Waals surface area contributed by atoms with Crippen LogP contribution in [-0.4, -0.2) is 67.9 Å². The Morgan fingerprint density at radius 2 is 2.03 bits per heavy atom. The minimum Gasteiger partial charge on any atom is -0.465 e. The Morgan fingerprint density at radius 3 is 2.72 bits per heavy atom. The van der Waals surface area contributed by atoms with Crippen LogP contribution in [0.5, 0.6) is 0 Å². The fraction of sp³-hybridized carbons (Fsp3) is 0.619. The third kappa shape index (κ3) is 3.66. The quantitative estimate of drug-likeness (QED) is 0.837. The van der Waals surface area contributed by atoms with Crippen molar-refractivity contribution in [1.29, 1.82) is 0 Å². The van der Waals surface area contributed by atoms with Crippen molar-refractivity contribution in [3.63, 3.8) is 0 Å². The minimum absolute atomic E-state index is 0.205. The molecule has 0 bridgehead atoms. The first-order valence-electron chi connectivity index (χ1n) is 10.3. The fourth-order valence-electron chi connectivity index (χ4n) is 4.98. The lowest BCUT2D eigenvalue weighted by atomic mass is 9.78. The van der Waals surface area contributed by atoms with Gasteiger partial charge in [-0.2, -0.15) is 0 Å². The van der Waals surface area contributed by atoms with E-state index in [1.807, 2.05) is 9.80 Å². The molecule has 3 fully saturated rings. The van der Waals surface area contributed by atoms with Gasteiger partial charge in [-0.25, -0.2) is 9.18 Å². The standard InChI is InChI=1S/C21H28FN3O4/c1-23(20(27)28)16-3-4-18(17(22)13-16)24-9-2-7-21(14-24)8-10-25(19(21)26)15-5-11-29-12-6-15/h3-4,13,15H,2,5-12,14H2,1H3,(H,27,28)/t21-/m0/s1. The summed E-state index contributed by atoms with van der Waals surface area (Å²) >= 11 is 0. The summed E-state index contributed by atoms with van der Waals surface area (Å²) in [6.07, 6.45) is 3.12. The average molecular weight is 405 g/mol. The van der Waals surface area contributed by atoms with Crippen LogP contribution in [-0.2, 0) is 9.53 Å². The van der Waals surface area contributed by atoms with Crippen molar-refractivity contribution in [2.45, 2.75) is 38.1 Å². The molecular formula is C21H28FN3O4. The highest BCUT2D eigenvalue weighted by Crippen LogP contribution is 2.43. The van der Waals surface area contributed by atoms with Crippen molar-refractivity contribution in [3.8, 4) is 0 Å². The highest BCUT2D eigenvalue weighted by Gasteiger charge is 2.50. The van der Waals surface area contributed by atoms with Gasteiger partial charge in [0, 0.05) is 51.6 Å². The van der Waals surface area contributed by atoms with Crippen LogP contribution in [0.3, 0.4) is 0 Å². The molecule has 0 aliphatic carbocycles. The molecular weight excluding hydrogens is 377 g/mol. The van der Waals surface area contributed by atoms with Gasteiger partial charge in [-0.1, -0.05) is 0 Å². The van der Waals surface area contributed by atoms with E-state index in [0.29, 0.717) is 32.0 Å². The van der Waals surface area contributed by atoms with Crippen molar-refractivity contribution < 1.29 is 23.8 Å². The molecule has 29 heavy (non-hydrogen) atoms. The molecule has 1 spiro atoms. The second kappa shape index (κ2) is 7.82. The summed E-state index contributed by atoms with van der Waals surface area (Å²) in [5, 5.41) is 9.09. The Hall–Kier alpha value is -2.35. The second-order valence-corrected chi connectivity index (χ2v) is 8.37. The zero-order valence-electron chi connectivity index (χ0n) is 16.8. The van der Waals surface area contributed by atoms with Crippen molar-refractivity contribution >= 4 is 23.4 Å². The van der Waals surface area contributed by atoms with Crippen LogP contribution in [0.4, 0.5) is 20.6 Å². The lowest BCUT2D eigenvalue weighted by molar-refractivity contribution is -0.139. The number of likely N-dealkylation sites (tertiary alicyclic amines) is 1. The molecule has 1 N–H and O–H groups in total. The summed E-state index contributed by atoms with van der Waals surface area (Å²) < 4.78 is 20.3. The van der Waals surface area contributed by atoms with Crippen LogP contribution in [0.1, 0.15) is 32.1 Å². The number of halogens is 1. The minimum atomic E-state index is -1.14. The summed E-state index contributed by atoms with van der Waals surface area (Å²) in [7, 11) is 1.38. The zero-order valence-corrected chi connectivity index (χ0v) is 16.8. The molecule has 0 saturated carbocycles. The first kappa shape index (κ1) is 19.9. The van der Waals surface area contributed by atoms with Crippen LogP contribution in [0.2, 0.25) is 0 Å². The van der Waals surface area contributed by atoms with Crippen molar-refractivity contribution in [1.82, 2.24) is 4.90 Å². The normalized spacial score (nSPS) is 25.7. The number of carbonyl (C=O) groups excluding carboxylic acids is 1. The molecule has 0 unspecified atom stereocenters. The number of hydrogen-bond acceptors (Lipinski definition) is 4. The van der Waals surface area contributed by atoms with Gasteiger partial charge in [0.25, 0.3) is 0 Å². The number of benzene rings is 1. The van der Waals surface area contributed by atoms with Crippen LogP contribution in [0.15, 0.2) is 18.2 Å². The van der Waals surface area contributed by atoms with E-state index in [1.54, 1.807) is 12.1 Å². The lowest BCUT2D eigenvalue weighted by Crippen LogP contribution is -2.50. The van der Waals surface area contributed by atoms with Crippen LogP contribution in [0.25, 0.3) is 0 Å². The number of rotatable bonds is 3. The van der Waals surface area contributed by atoms with E-state index >= 15 is 0 Å². The predicted octanol–water partition coefficient (Wildman–Crippen LogP) is 2.94. The predicted molar refractivity (Wildman–Crippen MR) is 107 cm³/mol. The maximum Gasteiger partial charge on any atom is 0.411 e. The molecule has 8 heteroatoms. The van der Waals surface area contributed by atoms with Gasteiger partial charge < -0.3 is 19.6 Å². The molecule has 1 aromatic rings. The summed E-state index contributed by atoms with van der Waals surface area (Å²) in [6.45, 7) is 3.38. The van der Waals surface area contributed by atoms with E-state index in [2.05, 4.69) is 0 Å². The summed E-state index contributed by atoms with van der Waals surface area (Å²) in [6, 6.07) is 4.74. The van der Waals surface area contributed by atoms with Crippen molar-refractivity contribution in [3.05, 3.63) is 24.0 Å². The molecule has 2 amide bonds. The number of amides is 2. The molecule has 1 aromatic carbocycles. The third-order valence-corrected chi connectivity index (χ3v) is 6.70. The number of hydrogen-bond donors (Lipinski definition) is 1. The first-order valence-corrected chi connectivity index (χ1v) is 10.3. The number of nitrogens with zero attached hydrogens (tertiary/aromatic N) is 3. The van der Waals surface area contributed by atoms with E-state index in [4.69, 9.17) is 9.84 Å². The highest BCUT2D eigenvalue weighted by molar-refractivity contribution is 5.87. The van der Waals surface area contributed by atoms with Crippen molar-refractivity contribution in [2.24, 2.45) is 5.41 Å². The van der Waals surface area contributed by atoms with Gasteiger partial charge in [0.2, 0.25) is 5.91 Å². The number of anilines is 2. The second-order valence-electron chi connectivity index (χ2n) is 8.37. The van der Waals surface area contributed by atoms with Crippen molar-refractivity contribution in [2.75, 3.05) is 49.7 Å². The molecule has 0 radical (unpaired) electrons. The van der Waals surface area contributed by atoms with Gasteiger partial charge >= 0.3 is 6.09 Å². The monoisotopic (exact) mass is 405 g/mol. The molecule has 3 aliphatic rings. The average Bonchev–Trinajstić information content (AvgIpc) is 3.03. The topological polar surface area (TPSA) is 73.3 Å². The van der Waals surface area contributed by atoms with Gasteiger partial charge in [0.15, 0.2) is 0 Å². The Morgan fingerprint density at radius 1 is 1.28 bits per heavy atom. The molecule has 0 aromatic heterocycles. The maximum atomic E-state index is 14.8. The van der Waals surface area contributed by atoms with E-state index in [0.717, 1.165) is 43.5 Å². The largest absolute Gasteiger partial charge is 0.465 e. The molecule has 158 valence electrons. The Bertz CT molecular complexity index is 798. The fourth-order valence-corrected chi connectivity index (χ4v) is 4.98. The van der Waals surface area contributed by atoms with E-state index in [9.17, 15) is 14.0 Å². The molecule has 1 atom stereocenters. The Balaban J connectivity index is 1.51. The summed E-state index contributed by atoms with van der Waals surface area (Å²) in [4.78, 5) is 29.4. The Labute approximate surface area is 170 Å². The van der Waals surface area contributed by atoms with Gasteiger partial charge in [0.05, 0.1) is 11.1 Å². The number of carbonyl (C=O) groups is 2. The number of ether oxygens (including phenoxy) is 1. The zero-order chi connectivity index (χ0) is 20.6. The smallest absolute Gasteiger partial charge is 0.411 e. The molecule has 4 rings (SSSR count). The summed E-state index contributed by atoms with van der Waals surface area (Å²) in [5.74, 6) is -0.254. The van der Waals surface area contributed by atoms with E-state index < -0.39 is 17.3 Å². The SMILES string of the molecule is CN(C(=O)O)c1ccc(N2CCC[C@]3(CCN(C4CCOCC4)C3=O)C2)c(F)c1. The lowest BCUT2D eigenvalue weighted by Gasteiger charge is -2.41. The first-order chi connectivity index (χ1) is 13.9. The maximum absolute atomic E-state index is 14.8. The van der Waals surface area contributed by atoms with Gasteiger partial charge in [0.1, 0.15) is 5.82 Å². The van der Waals surface area contributed by atoms with Gasteiger partial charge in [-0.3, -0.25) is 9.69 Å². The van der Waals surface area contributed by atoms with Crippen LogP contribution < -0.4 is 9.80 Å². The van der Waals surface area contributed by atoms with Crippen LogP contribution in [0, 0.1) is 11.2 Å².